The highest BCUT2D eigenvalue weighted by Gasteiger charge is 2.49. The number of halogens is 1. The van der Waals surface area contributed by atoms with Crippen molar-refractivity contribution in [2.24, 2.45) is 0 Å². The van der Waals surface area contributed by atoms with E-state index >= 15 is 0 Å². The number of imidazole rings is 1. The summed E-state index contributed by atoms with van der Waals surface area (Å²) in [5.74, 6) is 1.32. The van der Waals surface area contributed by atoms with Crippen molar-refractivity contribution in [2.45, 2.75) is 51.1 Å². The minimum absolute atomic E-state index is 0.235. The SMILES string of the molecule is CCOCC1(c2nnc(C(C)(C)C)o2)NC(c2ncc(-c3ccc(F)cn3)[nH]2)Cc2c1[nH]c1ccccc21. The van der Waals surface area contributed by atoms with Crippen LogP contribution in [0.15, 0.2) is 53.2 Å². The molecule has 1 aromatic carbocycles. The van der Waals surface area contributed by atoms with Gasteiger partial charge in [-0.05, 0) is 37.1 Å². The average molecular weight is 516 g/mol. The number of benzene rings is 1. The van der Waals surface area contributed by atoms with E-state index in [2.05, 4.69) is 42.6 Å². The second kappa shape index (κ2) is 9.14. The first-order valence-electron chi connectivity index (χ1n) is 12.8. The Hall–Kier alpha value is -3.89. The minimum atomic E-state index is -0.940. The number of pyridine rings is 1. The van der Waals surface area contributed by atoms with E-state index in [1.807, 2.05) is 39.8 Å². The molecule has 2 unspecified atom stereocenters. The summed E-state index contributed by atoms with van der Waals surface area (Å²) in [7, 11) is 0. The minimum Gasteiger partial charge on any atom is -0.422 e. The molecular weight excluding hydrogens is 485 g/mol. The highest BCUT2D eigenvalue weighted by Crippen LogP contribution is 2.43. The summed E-state index contributed by atoms with van der Waals surface area (Å²) in [5.41, 5.74) is 3.16. The highest BCUT2D eigenvalue weighted by atomic mass is 19.1. The molecule has 0 amide bonds. The number of hydrogen-bond acceptors (Lipinski definition) is 7. The third kappa shape index (κ3) is 4.10. The molecule has 1 aliphatic heterocycles. The Morgan fingerprint density at radius 3 is 2.66 bits per heavy atom. The van der Waals surface area contributed by atoms with Crippen LogP contribution in [0.25, 0.3) is 22.3 Å². The molecule has 0 bridgehead atoms. The molecule has 0 fully saturated rings. The van der Waals surface area contributed by atoms with Gasteiger partial charge in [-0.25, -0.2) is 9.37 Å². The third-order valence-corrected chi connectivity index (χ3v) is 6.95. The van der Waals surface area contributed by atoms with E-state index < -0.39 is 5.54 Å². The lowest BCUT2D eigenvalue weighted by molar-refractivity contribution is 0.0650. The molecular formula is C28H30FN7O2. The molecule has 38 heavy (non-hydrogen) atoms. The monoisotopic (exact) mass is 515 g/mol. The Bertz CT molecular complexity index is 1580. The van der Waals surface area contributed by atoms with Crippen LogP contribution in [0.1, 0.15) is 62.6 Å². The van der Waals surface area contributed by atoms with Crippen molar-refractivity contribution in [1.82, 2.24) is 35.5 Å². The van der Waals surface area contributed by atoms with E-state index in [-0.39, 0.29) is 23.9 Å². The number of ether oxygens (including phenoxy) is 1. The summed E-state index contributed by atoms with van der Waals surface area (Å²) < 4.78 is 25.8. The average Bonchev–Trinajstić information content (AvgIpc) is 3.66. The number of aromatic nitrogens is 6. The normalized spacial score (nSPS) is 19.7. The fourth-order valence-electron chi connectivity index (χ4n) is 5.04. The van der Waals surface area contributed by atoms with Gasteiger partial charge in [0.05, 0.1) is 42.1 Å². The van der Waals surface area contributed by atoms with Gasteiger partial charge >= 0.3 is 0 Å². The predicted molar refractivity (Wildman–Crippen MR) is 140 cm³/mol. The van der Waals surface area contributed by atoms with Gasteiger partial charge < -0.3 is 19.1 Å². The number of fused-ring (bicyclic) bond motifs is 3. The number of rotatable bonds is 6. The van der Waals surface area contributed by atoms with Gasteiger partial charge in [0.2, 0.25) is 11.8 Å². The van der Waals surface area contributed by atoms with Crippen LogP contribution in [0.3, 0.4) is 0 Å². The maximum atomic E-state index is 13.4. The third-order valence-electron chi connectivity index (χ3n) is 6.95. The molecule has 2 atom stereocenters. The lowest BCUT2D eigenvalue weighted by atomic mass is 9.83. The van der Waals surface area contributed by atoms with Gasteiger partial charge in [-0.1, -0.05) is 39.0 Å². The van der Waals surface area contributed by atoms with Crippen molar-refractivity contribution in [2.75, 3.05) is 13.2 Å². The van der Waals surface area contributed by atoms with Gasteiger partial charge in [0, 0.05) is 22.9 Å². The molecule has 0 saturated heterocycles. The first-order chi connectivity index (χ1) is 18.3. The Balaban J connectivity index is 1.50. The maximum Gasteiger partial charge on any atom is 0.245 e. The molecule has 4 aromatic heterocycles. The van der Waals surface area contributed by atoms with E-state index in [4.69, 9.17) is 14.1 Å². The predicted octanol–water partition coefficient (Wildman–Crippen LogP) is 4.94. The first kappa shape index (κ1) is 24.4. The van der Waals surface area contributed by atoms with Crippen LogP contribution in [-0.2, 0) is 22.1 Å². The number of nitrogens with one attached hydrogen (secondary N) is 3. The van der Waals surface area contributed by atoms with Crippen molar-refractivity contribution in [3.8, 4) is 11.4 Å². The van der Waals surface area contributed by atoms with Crippen LogP contribution in [0.5, 0.6) is 0 Å². The van der Waals surface area contributed by atoms with Gasteiger partial charge in [-0.3, -0.25) is 10.3 Å². The lowest BCUT2D eigenvalue weighted by Gasteiger charge is -2.39. The molecule has 5 aromatic rings. The fourth-order valence-corrected chi connectivity index (χ4v) is 5.04. The molecule has 3 N–H and O–H groups in total. The molecule has 0 radical (unpaired) electrons. The largest absolute Gasteiger partial charge is 0.422 e. The molecule has 0 spiro atoms. The Kier molecular flexibility index (Phi) is 5.88. The molecule has 10 heteroatoms. The van der Waals surface area contributed by atoms with E-state index in [1.54, 1.807) is 12.3 Å². The van der Waals surface area contributed by atoms with Gasteiger partial charge in [-0.15, -0.1) is 10.2 Å². The zero-order valence-corrected chi connectivity index (χ0v) is 21.8. The van der Waals surface area contributed by atoms with Crippen molar-refractivity contribution in [3.05, 3.63) is 83.5 Å². The van der Waals surface area contributed by atoms with Crippen LogP contribution in [0.2, 0.25) is 0 Å². The van der Waals surface area contributed by atoms with Gasteiger partial charge in [-0.2, -0.15) is 0 Å². The van der Waals surface area contributed by atoms with Gasteiger partial charge in [0.25, 0.3) is 0 Å². The number of aromatic amines is 2. The highest BCUT2D eigenvalue weighted by molar-refractivity contribution is 5.85. The van der Waals surface area contributed by atoms with Crippen LogP contribution in [0.4, 0.5) is 4.39 Å². The first-order valence-corrected chi connectivity index (χ1v) is 12.8. The number of H-pyrrole nitrogens is 2. The summed E-state index contributed by atoms with van der Waals surface area (Å²) in [4.78, 5) is 15.9. The summed E-state index contributed by atoms with van der Waals surface area (Å²) >= 11 is 0. The van der Waals surface area contributed by atoms with E-state index in [0.29, 0.717) is 36.2 Å². The second-order valence-corrected chi connectivity index (χ2v) is 10.7. The number of hydrogen-bond donors (Lipinski definition) is 3. The van der Waals surface area contributed by atoms with Crippen LogP contribution in [-0.4, -0.2) is 43.3 Å². The second-order valence-electron chi connectivity index (χ2n) is 10.7. The lowest BCUT2D eigenvalue weighted by Crippen LogP contribution is -2.53. The van der Waals surface area contributed by atoms with E-state index in [1.165, 1.54) is 12.3 Å². The summed E-state index contributed by atoms with van der Waals surface area (Å²) in [6.07, 6.45) is 3.58. The zero-order valence-electron chi connectivity index (χ0n) is 21.8. The van der Waals surface area contributed by atoms with Gasteiger partial charge in [0.1, 0.15) is 11.6 Å². The van der Waals surface area contributed by atoms with Crippen LogP contribution < -0.4 is 5.32 Å². The van der Waals surface area contributed by atoms with E-state index in [0.717, 1.165) is 28.0 Å². The molecule has 9 nitrogen and oxygen atoms in total. The number of para-hydroxylation sites is 1. The summed E-state index contributed by atoms with van der Waals surface area (Å²) in [6.45, 7) is 8.88. The Morgan fingerprint density at radius 1 is 1.08 bits per heavy atom. The summed E-state index contributed by atoms with van der Waals surface area (Å²) in [6, 6.07) is 11.0. The van der Waals surface area contributed by atoms with E-state index in [9.17, 15) is 4.39 Å². The fraction of sp³-hybridized carbons (Fsp3) is 0.357. The van der Waals surface area contributed by atoms with Crippen molar-refractivity contribution in [1.29, 1.82) is 0 Å². The van der Waals surface area contributed by atoms with Crippen molar-refractivity contribution >= 4 is 10.9 Å². The smallest absolute Gasteiger partial charge is 0.245 e. The van der Waals surface area contributed by atoms with Gasteiger partial charge in [0.15, 0.2) is 5.54 Å². The standard InChI is InChI=1S/C28H30FN7O2/c1-5-37-15-28(26-36-35-25(38-26)27(2,3)4)23-18(17-8-6-7-9-19(17)32-23)12-21(34-28)24-31-14-22(33-24)20-11-10-16(29)13-30-20/h6-11,13-14,21,32,34H,5,12,15H2,1-4H3,(H,31,33). The molecule has 196 valence electrons. The zero-order chi connectivity index (χ0) is 26.5. The van der Waals surface area contributed by atoms with Crippen LogP contribution >= 0.6 is 0 Å². The van der Waals surface area contributed by atoms with Crippen molar-refractivity contribution in [3.63, 3.8) is 0 Å². The Labute approximate surface area is 219 Å². The topological polar surface area (TPSA) is 118 Å². The quantitative estimate of drug-likeness (QED) is 0.293. The van der Waals surface area contributed by atoms with Crippen LogP contribution in [0, 0.1) is 5.82 Å². The number of nitrogens with zero attached hydrogens (tertiary/aromatic N) is 4. The molecule has 0 saturated carbocycles. The molecule has 0 aliphatic carbocycles. The summed E-state index contributed by atoms with van der Waals surface area (Å²) in [5, 5.41) is 13.8. The van der Waals surface area contributed by atoms with Crippen molar-refractivity contribution < 1.29 is 13.5 Å². The molecule has 1 aliphatic rings. The molecule has 5 heterocycles. The molecule has 6 rings (SSSR count). The Morgan fingerprint density at radius 2 is 1.92 bits per heavy atom. The maximum absolute atomic E-state index is 13.4.